The monoisotopic (exact) mass is 419 g/mol. The minimum atomic E-state index is -0.0885. The van der Waals surface area contributed by atoms with E-state index in [0.29, 0.717) is 24.5 Å². The Balaban J connectivity index is 1.49. The normalized spacial score (nSPS) is 19.4. The molecule has 2 aliphatic rings. The number of hydrogen-bond acceptors (Lipinski definition) is 7. The van der Waals surface area contributed by atoms with Crippen LogP contribution in [0.3, 0.4) is 0 Å². The fourth-order valence-electron chi connectivity index (χ4n) is 4.13. The van der Waals surface area contributed by atoms with Crippen molar-refractivity contribution in [2.75, 3.05) is 51.3 Å². The Hall–Kier alpha value is -3.02. The van der Waals surface area contributed by atoms with E-state index in [2.05, 4.69) is 52.8 Å². The standard InChI is InChI=1S/C23H29N7O/c1-23(2)16-29(21-8-9-25-20(14-24)26-21)30(17-23)22(31)19-6-4-18(5-7-19)15-28-12-10-27(3)11-13-28/h4-9H,10-13,15-17H2,1-3H3. The predicted molar refractivity (Wildman–Crippen MR) is 118 cm³/mol. The zero-order chi connectivity index (χ0) is 22.0. The van der Waals surface area contributed by atoms with Gasteiger partial charge in [-0.25, -0.2) is 9.99 Å². The highest BCUT2D eigenvalue weighted by molar-refractivity contribution is 5.95. The van der Waals surface area contributed by atoms with Gasteiger partial charge < -0.3 is 4.90 Å². The first kappa shape index (κ1) is 21.2. The van der Waals surface area contributed by atoms with Gasteiger partial charge in [-0.1, -0.05) is 26.0 Å². The lowest BCUT2D eigenvalue weighted by Gasteiger charge is -2.32. The number of aromatic nitrogens is 2. The average molecular weight is 420 g/mol. The maximum atomic E-state index is 13.4. The van der Waals surface area contributed by atoms with Gasteiger partial charge in [-0.05, 0) is 24.7 Å². The van der Waals surface area contributed by atoms with Crippen LogP contribution in [0.5, 0.6) is 0 Å². The molecule has 162 valence electrons. The van der Waals surface area contributed by atoms with E-state index in [4.69, 9.17) is 5.26 Å². The number of likely N-dealkylation sites (N-methyl/N-ethyl adjacent to an activating group) is 1. The first-order valence-electron chi connectivity index (χ1n) is 10.7. The van der Waals surface area contributed by atoms with Crippen molar-refractivity contribution in [3.63, 3.8) is 0 Å². The van der Waals surface area contributed by atoms with Gasteiger partial charge in [-0.15, -0.1) is 0 Å². The first-order chi connectivity index (χ1) is 14.8. The number of anilines is 1. The number of benzene rings is 1. The minimum Gasteiger partial charge on any atom is -0.304 e. The topological polar surface area (TPSA) is 79.6 Å². The number of nitriles is 1. The maximum Gasteiger partial charge on any atom is 0.272 e. The fraction of sp³-hybridized carbons (Fsp3) is 0.478. The lowest BCUT2D eigenvalue weighted by molar-refractivity contribution is 0.0760. The number of piperazine rings is 1. The Bertz CT molecular complexity index is 974. The Morgan fingerprint density at radius 3 is 2.48 bits per heavy atom. The SMILES string of the molecule is CN1CCN(Cc2ccc(C(=O)N3CC(C)(C)CN3c3ccnc(C#N)n3)cc2)CC1. The molecule has 0 saturated carbocycles. The Morgan fingerprint density at radius 2 is 1.81 bits per heavy atom. The van der Waals surface area contributed by atoms with Gasteiger partial charge in [0.25, 0.3) is 5.91 Å². The molecule has 8 heteroatoms. The molecule has 0 unspecified atom stereocenters. The summed E-state index contributed by atoms with van der Waals surface area (Å²) in [6.07, 6.45) is 1.56. The molecule has 1 aromatic heterocycles. The zero-order valence-corrected chi connectivity index (χ0v) is 18.5. The summed E-state index contributed by atoms with van der Waals surface area (Å²) >= 11 is 0. The number of hydrazine groups is 1. The highest BCUT2D eigenvalue weighted by Gasteiger charge is 2.40. The lowest BCUT2D eigenvalue weighted by atomic mass is 9.95. The summed E-state index contributed by atoms with van der Waals surface area (Å²) in [4.78, 5) is 26.4. The molecule has 1 amide bonds. The van der Waals surface area contributed by atoms with Crippen LogP contribution in [0, 0.1) is 16.7 Å². The molecule has 0 bridgehead atoms. The predicted octanol–water partition coefficient (Wildman–Crippen LogP) is 2.00. The van der Waals surface area contributed by atoms with E-state index in [-0.39, 0.29) is 17.1 Å². The molecule has 0 spiro atoms. The first-order valence-corrected chi connectivity index (χ1v) is 10.7. The van der Waals surface area contributed by atoms with Crippen LogP contribution in [0.4, 0.5) is 5.82 Å². The second kappa shape index (κ2) is 8.61. The molecular formula is C23H29N7O. The van der Waals surface area contributed by atoms with Gasteiger partial charge >= 0.3 is 0 Å². The molecule has 2 fully saturated rings. The summed E-state index contributed by atoms with van der Waals surface area (Å²) in [7, 11) is 2.16. The van der Waals surface area contributed by atoms with Crippen molar-refractivity contribution in [3.05, 3.63) is 53.5 Å². The third kappa shape index (κ3) is 4.84. The lowest BCUT2D eigenvalue weighted by Crippen LogP contribution is -2.43. The van der Waals surface area contributed by atoms with Crippen LogP contribution in [0.1, 0.15) is 35.6 Å². The molecule has 8 nitrogen and oxygen atoms in total. The summed E-state index contributed by atoms with van der Waals surface area (Å²) in [5.74, 6) is 0.605. The Kier molecular flexibility index (Phi) is 5.90. The molecular weight excluding hydrogens is 390 g/mol. The van der Waals surface area contributed by atoms with Crippen LogP contribution in [-0.2, 0) is 6.54 Å². The van der Waals surface area contributed by atoms with Gasteiger partial charge in [-0.2, -0.15) is 10.2 Å². The molecule has 2 aliphatic heterocycles. The third-order valence-corrected chi connectivity index (χ3v) is 5.89. The zero-order valence-electron chi connectivity index (χ0n) is 18.5. The van der Waals surface area contributed by atoms with E-state index < -0.39 is 0 Å². The van der Waals surface area contributed by atoms with Crippen molar-refractivity contribution in [2.45, 2.75) is 20.4 Å². The minimum absolute atomic E-state index is 0.0613. The summed E-state index contributed by atoms with van der Waals surface area (Å²) in [5, 5.41) is 12.7. The van der Waals surface area contributed by atoms with Crippen molar-refractivity contribution in [1.29, 1.82) is 5.26 Å². The third-order valence-electron chi connectivity index (χ3n) is 5.89. The Labute approximate surface area is 183 Å². The van der Waals surface area contributed by atoms with E-state index in [1.165, 1.54) is 5.56 Å². The van der Waals surface area contributed by atoms with Gasteiger partial charge in [0.2, 0.25) is 5.82 Å². The van der Waals surface area contributed by atoms with Gasteiger partial charge in [0.1, 0.15) is 6.07 Å². The van der Waals surface area contributed by atoms with E-state index >= 15 is 0 Å². The van der Waals surface area contributed by atoms with Crippen molar-refractivity contribution < 1.29 is 4.79 Å². The van der Waals surface area contributed by atoms with Gasteiger partial charge in [0.15, 0.2) is 5.82 Å². The molecule has 2 saturated heterocycles. The van der Waals surface area contributed by atoms with Crippen molar-refractivity contribution in [2.24, 2.45) is 5.41 Å². The van der Waals surface area contributed by atoms with Crippen molar-refractivity contribution >= 4 is 11.7 Å². The van der Waals surface area contributed by atoms with E-state index in [9.17, 15) is 4.79 Å². The molecule has 2 aromatic rings. The number of carbonyl (C=O) groups excluding carboxylic acids is 1. The highest BCUT2D eigenvalue weighted by atomic mass is 16.2. The van der Waals surface area contributed by atoms with E-state index in [0.717, 1.165) is 32.7 Å². The van der Waals surface area contributed by atoms with Crippen molar-refractivity contribution in [3.8, 4) is 6.07 Å². The molecule has 3 heterocycles. The number of hydrogen-bond donors (Lipinski definition) is 0. The molecule has 0 N–H and O–H groups in total. The van der Waals surface area contributed by atoms with E-state index in [1.807, 2.05) is 23.2 Å². The number of amides is 1. The average Bonchev–Trinajstić information content (AvgIpc) is 3.11. The molecule has 1 aromatic carbocycles. The summed E-state index contributed by atoms with van der Waals surface area (Å²) in [6, 6.07) is 11.6. The van der Waals surface area contributed by atoms with E-state index in [1.54, 1.807) is 17.3 Å². The second-order valence-electron chi connectivity index (χ2n) is 9.21. The fourth-order valence-corrected chi connectivity index (χ4v) is 4.13. The largest absolute Gasteiger partial charge is 0.304 e. The van der Waals surface area contributed by atoms with Gasteiger partial charge in [0.05, 0.1) is 0 Å². The Morgan fingerprint density at radius 1 is 1.10 bits per heavy atom. The van der Waals surface area contributed by atoms with Crippen LogP contribution < -0.4 is 5.01 Å². The molecule has 0 atom stereocenters. The summed E-state index contributed by atoms with van der Waals surface area (Å²) in [6.45, 7) is 10.7. The molecule has 4 rings (SSSR count). The maximum absolute atomic E-state index is 13.4. The molecule has 0 aliphatic carbocycles. The molecule has 31 heavy (non-hydrogen) atoms. The van der Waals surface area contributed by atoms with Crippen LogP contribution in [0.2, 0.25) is 0 Å². The van der Waals surface area contributed by atoms with Crippen LogP contribution >= 0.6 is 0 Å². The summed E-state index contributed by atoms with van der Waals surface area (Å²) < 4.78 is 0. The van der Waals surface area contributed by atoms with Gasteiger partial charge in [0, 0.05) is 69.1 Å². The smallest absolute Gasteiger partial charge is 0.272 e. The van der Waals surface area contributed by atoms with Crippen LogP contribution in [-0.4, -0.2) is 77.0 Å². The van der Waals surface area contributed by atoms with Crippen LogP contribution in [0.25, 0.3) is 0 Å². The quantitative estimate of drug-likeness (QED) is 0.750. The number of rotatable bonds is 4. The molecule has 0 radical (unpaired) electrons. The number of nitrogens with zero attached hydrogens (tertiary/aromatic N) is 7. The van der Waals surface area contributed by atoms with Crippen molar-refractivity contribution in [1.82, 2.24) is 24.8 Å². The van der Waals surface area contributed by atoms with Gasteiger partial charge in [-0.3, -0.25) is 14.7 Å². The van der Waals surface area contributed by atoms with Crippen LogP contribution in [0.15, 0.2) is 36.5 Å². The number of carbonyl (C=O) groups is 1. The summed E-state index contributed by atoms with van der Waals surface area (Å²) in [5.41, 5.74) is 1.78. The highest BCUT2D eigenvalue weighted by Crippen LogP contribution is 2.32. The second-order valence-corrected chi connectivity index (χ2v) is 9.21.